The zero-order valence-electron chi connectivity index (χ0n) is 13.2. The van der Waals surface area contributed by atoms with Gasteiger partial charge in [-0.2, -0.15) is 5.10 Å². The van der Waals surface area contributed by atoms with E-state index in [1.165, 1.54) is 12.6 Å². The quantitative estimate of drug-likeness (QED) is 0.723. The summed E-state index contributed by atoms with van der Waals surface area (Å²) in [6.07, 6.45) is 4.13. The van der Waals surface area contributed by atoms with Crippen LogP contribution in [0.5, 0.6) is 0 Å². The molecule has 0 radical (unpaired) electrons. The van der Waals surface area contributed by atoms with Crippen molar-refractivity contribution in [1.82, 2.24) is 20.1 Å². The molecule has 2 atom stereocenters. The molecule has 0 aliphatic heterocycles. The fourth-order valence-electron chi connectivity index (χ4n) is 2.43. The van der Waals surface area contributed by atoms with Gasteiger partial charge in [0.1, 0.15) is 24.5 Å². The third kappa shape index (κ3) is 3.69. The summed E-state index contributed by atoms with van der Waals surface area (Å²) in [5.41, 5.74) is 1.27. The Bertz CT molecular complexity index is 784. The number of hydrogen-bond donors (Lipinski definition) is 2. The number of carbonyl (C=O) groups excluding carboxylic acids is 1. The van der Waals surface area contributed by atoms with E-state index in [4.69, 9.17) is 4.42 Å². The lowest BCUT2D eigenvalue weighted by molar-refractivity contribution is 0.0903. The number of amides is 1. The summed E-state index contributed by atoms with van der Waals surface area (Å²) in [7, 11) is 0. The number of aliphatic hydroxyl groups is 1. The Morgan fingerprint density at radius 1 is 1.38 bits per heavy atom. The van der Waals surface area contributed by atoms with Crippen LogP contribution in [0.1, 0.15) is 35.6 Å². The highest BCUT2D eigenvalue weighted by Gasteiger charge is 2.17. The first-order valence-corrected chi connectivity index (χ1v) is 7.61. The van der Waals surface area contributed by atoms with Gasteiger partial charge in [-0.3, -0.25) is 4.79 Å². The molecule has 0 bridgehead atoms. The van der Waals surface area contributed by atoms with Crippen LogP contribution < -0.4 is 5.32 Å². The summed E-state index contributed by atoms with van der Waals surface area (Å²) in [4.78, 5) is 16.3. The Balaban J connectivity index is 1.63. The Hall–Kier alpha value is -2.93. The molecule has 2 heterocycles. The van der Waals surface area contributed by atoms with Crippen molar-refractivity contribution < 1.29 is 14.3 Å². The molecule has 2 unspecified atom stereocenters. The second kappa shape index (κ2) is 7.10. The smallest absolute Gasteiger partial charge is 0.251 e. The fourth-order valence-corrected chi connectivity index (χ4v) is 2.43. The van der Waals surface area contributed by atoms with E-state index < -0.39 is 6.10 Å². The molecular formula is C17H18N4O3. The van der Waals surface area contributed by atoms with Gasteiger partial charge in [0, 0.05) is 18.0 Å². The van der Waals surface area contributed by atoms with Gasteiger partial charge in [0.2, 0.25) is 0 Å². The van der Waals surface area contributed by atoms with Crippen LogP contribution in [-0.4, -0.2) is 31.8 Å². The minimum Gasteiger partial charge on any atom is -0.467 e. The average molecular weight is 326 g/mol. The molecule has 1 aromatic carbocycles. The van der Waals surface area contributed by atoms with Crippen molar-refractivity contribution in [1.29, 1.82) is 0 Å². The van der Waals surface area contributed by atoms with Crippen molar-refractivity contribution in [3.8, 4) is 5.69 Å². The highest BCUT2D eigenvalue weighted by atomic mass is 16.4. The second-order valence-corrected chi connectivity index (χ2v) is 5.53. The topological polar surface area (TPSA) is 93.2 Å². The van der Waals surface area contributed by atoms with Crippen LogP contribution in [0.2, 0.25) is 0 Å². The van der Waals surface area contributed by atoms with E-state index in [2.05, 4.69) is 15.4 Å². The molecule has 2 aromatic heterocycles. The third-order valence-corrected chi connectivity index (χ3v) is 3.62. The second-order valence-electron chi connectivity index (χ2n) is 5.53. The van der Waals surface area contributed by atoms with E-state index in [9.17, 15) is 9.90 Å². The predicted octanol–water partition coefficient (Wildman–Crippen LogP) is 2.10. The van der Waals surface area contributed by atoms with Gasteiger partial charge >= 0.3 is 0 Å². The number of aliphatic hydroxyl groups excluding tert-OH is 1. The Labute approximate surface area is 138 Å². The monoisotopic (exact) mass is 326 g/mol. The van der Waals surface area contributed by atoms with E-state index in [1.807, 2.05) is 13.0 Å². The summed E-state index contributed by atoms with van der Waals surface area (Å²) in [6.45, 7) is 1.84. The van der Waals surface area contributed by atoms with Gasteiger partial charge in [-0.1, -0.05) is 6.07 Å². The number of benzene rings is 1. The maximum absolute atomic E-state index is 12.4. The van der Waals surface area contributed by atoms with E-state index in [1.54, 1.807) is 41.3 Å². The van der Waals surface area contributed by atoms with Gasteiger partial charge in [-0.25, -0.2) is 9.67 Å². The molecule has 0 spiro atoms. The number of rotatable bonds is 6. The van der Waals surface area contributed by atoms with Gasteiger partial charge in [0.25, 0.3) is 5.91 Å². The van der Waals surface area contributed by atoms with Gasteiger partial charge in [-0.05, 0) is 37.3 Å². The molecule has 0 saturated carbocycles. The van der Waals surface area contributed by atoms with Crippen LogP contribution in [0.15, 0.2) is 59.7 Å². The van der Waals surface area contributed by atoms with Crippen molar-refractivity contribution in [2.75, 3.05) is 0 Å². The molecule has 124 valence electrons. The minimum absolute atomic E-state index is 0.212. The van der Waals surface area contributed by atoms with Gasteiger partial charge in [-0.15, -0.1) is 0 Å². The summed E-state index contributed by atoms with van der Waals surface area (Å²) in [6, 6.07) is 10.3. The summed E-state index contributed by atoms with van der Waals surface area (Å²) in [5, 5.41) is 17.0. The lowest BCUT2D eigenvalue weighted by Crippen LogP contribution is -2.33. The molecule has 3 rings (SSSR count). The summed E-state index contributed by atoms with van der Waals surface area (Å²) >= 11 is 0. The van der Waals surface area contributed by atoms with E-state index in [0.717, 1.165) is 5.69 Å². The molecule has 2 N–H and O–H groups in total. The molecule has 0 fully saturated rings. The maximum atomic E-state index is 12.4. The molecule has 0 aliphatic rings. The normalized spacial score (nSPS) is 13.4. The van der Waals surface area contributed by atoms with Gasteiger partial charge < -0.3 is 14.8 Å². The van der Waals surface area contributed by atoms with E-state index in [-0.39, 0.29) is 11.9 Å². The number of nitrogens with zero attached hydrogens (tertiary/aromatic N) is 3. The van der Waals surface area contributed by atoms with Crippen LogP contribution in [0.25, 0.3) is 5.69 Å². The van der Waals surface area contributed by atoms with Crippen molar-refractivity contribution in [3.05, 3.63) is 66.6 Å². The number of aromatic nitrogens is 3. The van der Waals surface area contributed by atoms with Crippen molar-refractivity contribution in [3.63, 3.8) is 0 Å². The van der Waals surface area contributed by atoms with Gasteiger partial charge in [0.15, 0.2) is 0 Å². The lowest BCUT2D eigenvalue weighted by atomic mass is 10.1. The zero-order chi connectivity index (χ0) is 16.9. The van der Waals surface area contributed by atoms with Crippen LogP contribution in [0.3, 0.4) is 0 Å². The molecule has 24 heavy (non-hydrogen) atoms. The predicted molar refractivity (Wildman–Crippen MR) is 86.6 cm³/mol. The molecule has 0 aliphatic carbocycles. The molecule has 0 saturated heterocycles. The van der Waals surface area contributed by atoms with Crippen LogP contribution in [0, 0.1) is 0 Å². The maximum Gasteiger partial charge on any atom is 0.251 e. The lowest BCUT2D eigenvalue weighted by Gasteiger charge is -2.17. The number of hydrogen-bond acceptors (Lipinski definition) is 5. The molecule has 7 heteroatoms. The van der Waals surface area contributed by atoms with Crippen molar-refractivity contribution in [2.24, 2.45) is 0 Å². The summed E-state index contributed by atoms with van der Waals surface area (Å²) < 4.78 is 6.75. The first-order valence-electron chi connectivity index (χ1n) is 7.61. The first kappa shape index (κ1) is 15.9. The Kier molecular flexibility index (Phi) is 4.72. The molecule has 3 aromatic rings. The minimum atomic E-state index is -0.753. The highest BCUT2D eigenvalue weighted by molar-refractivity contribution is 5.94. The molecule has 7 nitrogen and oxygen atoms in total. The number of carbonyl (C=O) groups is 1. The first-order chi connectivity index (χ1) is 11.6. The molecular weight excluding hydrogens is 308 g/mol. The number of nitrogens with one attached hydrogen (secondary N) is 1. The highest BCUT2D eigenvalue weighted by Crippen LogP contribution is 2.18. The summed E-state index contributed by atoms with van der Waals surface area (Å²) in [5.74, 6) is 0.278. The van der Waals surface area contributed by atoms with Crippen LogP contribution in [-0.2, 0) is 0 Å². The van der Waals surface area contributed by atoms with Crippen LogP contribution in [0.4, 0.5) is 0 Å². The Morgan fingerprint density at radius 2 is 2.25 bits per heavy atom. The van der Waals surface area contributed by atoms with Gasteiger partial charge in [0.05, 0.1) is 12.0 Å². The number of furan rings is 1. The molecule has 1 amide bonds. The van der Waals surface area contributed by atoms with Crippen molar-refractivity contribution in [2.45, 2.75) is 25.5 Å². The third-order valence-electron chi connectivity index (χ3n) is 3.62. The zero-order valence-corrected chi connectivity index (χ0v) is 13.2. The largest absolute Gasteiger partial charge is 0.467 e. The SMILES string of the molecule is CC(CC(O)c1ccco1)NC(=O)c1cccc(-n2cncn2)c1. The van der Waals surface area contributed by atoms with E-state index >= 15 is 0 Å². The standard InChI is InChI=1S/C17H18N4O3/c1-12(8-15(22)16-6-3-7-24-16)20-17(23)13-4-2-5-14(9-13)21-11-18-10-19-21/h2-7,9-12,15,22H,8H2,1H3,(H,20,23). The average Bonchev–Trinajstić information content (AvgIpc) is 3.28. The fraction of sp³-hybridized carbons (Fsp3) is 0.235. The Morgan fingerprint density at radius 3 is 2.96 bits per heavy atom. The van der Waals surface area contributed by atoms with Crippen LogP contribution >= 0.6 is 0 Å². The van der Waals surface area contributed by atoms with Crippen molar-refractivity contribution >= 4 is 5.91 Å². The van der Waals surface area contributed by atoms with E-state index in [0.29, 0.717) is 17.7 Å².